The largest absolute Gasteiger partial charge is 0.327 e. The van der Waals surface area contributed by atoms with Crippen molar-refractivity contribution in [1.82, 2.24) is 20.4 Å². The minimum Gasteiger partial charge on any atom is -0.323 e. The molecule has 7 heteroatoms. The molecule has 7 nitrogen and oxygen atoms in total. The zero-order chi connectivity index (χ0) is 10.5. The Labute approximate surface area is 80.0 Å². The Bertz CT molecular complexity index is 329. The number of nitrogens with zero attached hydrogens (tertiary/aromatic N) is 2. The first-order valence-electron chi connectivity index (χ1n) is 4.14. The summed E-state index contributed by atoms with van der Waals surface area (Å²) >= 11 is 0. The zero-order valence-corrected chi connectivity index (χ0v) is 7.77. The van der Waals surface area contributed by atoms with Crippen molar-refractivity contribution in [2.45, 2.75) is 12.2 Å². The van der Waals surface area contributed by atoms with Crippen LogP contribution in [0.3, 0.4) is 0 Å². The second-order valence-electron chi connectivity index (χ2n) is 3.33. The Balaban J connectivity index is 2.32. The van der Waals surface area contributed by atoms with Gasteiger partial charge < -0.3 is 15.5 Å². The molecule has 0 aromatic heterocycles. The van der Waals surface area contributed by atoms with E-state index in [1.54, 1.807) is 0 Å². The second-order valence-corrected chi connectivity index (χ2v) is 3.33. The van der Waals surface area contributed by atoms with E-state index in [-0.39, 0.29) is 0 Å². The molecule has 0 aromatic carbocycles. The molecular weight excluding hydrogens is 188 g/mol. The Morgan fingerprint density at radius 3 is 2.43 bits per heavy atom. The summed E-state index contributed by atoms with van der Waals surface area (Å²) in [6.45, 7) is 0. The number of urea groups is 2. The Morgan fingerprint density at radius 1 is 1.14 bits per heavy atom. The number of carbonyl (C=O) groups is 3. The fourth-order valence-electron chi connectivity index (χ4n) is 1.66. The summed E-state index contributed by atoms with van der Waals surface area (Å²) in [4.78, 5) is 36.3. The topological polar surface area (TPSA) is 81.8 Å². The van der Waals surface area contributed by atoms with E-state index in [9.17, 15) is 14.4 Å². The van der Waals surface area contributed by atoms with E-state index >= 15 is 0 Å². The summed E-state index contributed by atoms with van der Waals surface area (Å²) in [5.41, 5.74) is 0. The van der Waals surface area contributed by atoms with Crippen LogP contribution in [0, 0.1) is 0 Å². The molecule has 2 atom stereocenters. The first-order valence-corrected chi connectivity index (χ1v) is 4.14. The smallest absolute Gasteiger partial charge is 0.323 e. The van der Waals surface area contributed by atoms with Gasteiger partial charge in [0, 0.05) is 14.1 Å². The Kier molecular flexibility index (Phi) is 1.63. The van der Waals surface area contributed by atoms with Gasteiger partial charge in [-0.3, -0.25) is 9.69 Å². The van der Waals surface area contributed by atoms with Crippen LogP contribution in [0.15, 0.2) is 0 Å². The quantitative estimate of drug-likeness (QED) is 0.498. The highest BCUT2D eigenvalue weighted by molar-refractivity contribution is 6.03. The fourth-order valence-corrected chi connectivity index (χ4v) is 1.66. The van der Waals surface area contributed by atoms with E-state index in [0.29, 0.717) is 0 Å². The van der Waals surface area contributed by atoms with Crippen molar-refractivity contribution in [3.63, 3.8) is 0 Å². The van der Waals surface area contributed by atoms with Gasteiger partial charge in [0.2, 0.25) is 0 Å². The van der Waals surface area contributed by atoms with Gasteiger partial charge in [-0.15, -0.1) is 0 Å². The van der Waals surface area contributed by atoms with Crippen molar-refractivity contribution in [2.24, 2.45) is 0 Å². The molecule has 2 heterocycles. The number of likely N-dealkylation sites (N-methyl/N-ethyl adjacent to an activating group) is 2. The molecule has 0 aromatic rings. The summed E-state index contributed by atoms with van der Waals surface area (Å²) in [7, 11) is 2.93. The lowest BCUT2D eigenvalue weighted by Crippen LogP contribution is -2.64. The molecule has 76 valence electrons. The third-order valence-electron chi connectivity index (χ3n) is 2.48. The molecule has 2 fully saturated rings. The van der Waals surface area contributed by atoms with Crippen molar-refractivity contribution in [3.05, 3.63) is 0 Å². The van der Waals surface area contributed by atoms with Gasteiger partial charge in [-0.05, 0) is 0 Å². The molecule has 2 N–H and O–H groups in total. The summed E-state index contributed by atoms with van der Waals surface area (Å²) in [6, 6.07) is -1.52. The van der Waals surface area contributed by atoms with Crippen LogP contribution >= 0.6 is 0 Å². The maximum atomic E-state index is 11.5. The van der Waals surface area contributed by atoms with Gasteiger partial charge in [0.25, 0.3) is 5.91 Å². The maximum absolute atomic E-state index is 11.5. The highest BCUT2D eigenvalue weighted by atomic mass is 16.2. The molecule has 2 aliphatic rings. The predicted molar refractivity (Wildman–Crippen MR) is 45.2 cm³/mol. The molecule has 0 unspecified atom stereocenters. The van der Waals surface area contributed by atoms with Gasteiger partial charge in [-0.1, -0.05) is 0 Å². The van der Waals surface area contributed by atoms with Crippen LogP contribution in [0.1, 0.15) is 0 Å². The van der Waals surface area contributed by atoms with E-state index in [1.165, 1.54) is 19.0 Å². The summed E-state index contributed by atoms with van der Waals surface area (Å²) in [6.07, 6.45) is -0.571. The average molecular weight is 198 g/mol. The first-order chi connectivity index (χ1) is 6.52. The molecular formula is C7H10N4O3. The molecule has 2 rings (SSSR count). The number of nitrogens with one attached hydrogen (secondary N) is 2. The van der Waals surface area contributed by atoms with Crippen molar-refractivity contribution < 1.29 is 14.4 Å². The van der Waals surface area contributed by atoms with E-state index in [2.05, 4.69) is 10.6 Å². The second kappa shape index (κ2) is 2.60. The minimum absolute atomic E-state index is 0.392. The molecule has 5 amide bonds. The van der Waals surface area contributed by atoms with Crippen molar-refractivity contribution in [3.8, 4) is 0 Å². The fraction of sp³-hybridized carbons (Fsp3) is 0.571. The maximum Gasteiger partial charge on any atom is 0.327 e. The molecule has 0 radical (unpaired) electrons. The van der Waals surface area contributed by atoms with E-state index < -0.39 is 30.2 Å². The molecule has 14 heavy (non-hydrogen) atoms. The number of imide groups is 1. The molecule has 0 aliphatic carbocycles. The Morgan fingerprint density at radius 2 is 1.79 bits per heavy atom. The molecule has 2 saturated heterocycles. The normalized spacial score (nSPS) is 31.4. The predicted octanol–water partition coefficient (Wildman–Crippen LogP) is -1.48. The third-order valence-corrected chi connectivity index (χ3v) is 2.48. The third kappa shape index (κ3) is 0.949. The van der Waals surface area contributed by atoms with Crippen molar-refractivity contribution >= 4 is 18.0 Å². The summed E-state index contributed by atoms with van der Waals surface area (Å²) in [5.74, 6) is -0.392. The van der Waals surface area contributed by atoms with Crippen LogP contribution in [0.2, 0.25) is 0 Å². The van der Waals surface area contributed by atoms with Crippen LogP contribution in [0.4, 0.5) is 9.59 Å². The van der Waals surface area contributed by atoms with Crippen molar-refractivity contribution in [1.29, 1.82) is 0 Å². The number of hydrogen-bond acceptors (Lipinski definition) is 3. The zero-order valence-electron chi connectivity index (χ0n) is 7.77. The SMILES string of the molecule is CN1C(=O)[C@H]2NC(=O)N[C@@H]2N(C)C1=O. The van der Waals surface area contributed by atoms with Crippen molar-refractivity contribution in [2.75, 3.05) is 14.1 Å². The van der Waals surface area contributed by atoms with Gasteiger partial charge in [0.1, 0.15) is 12.2 Å². The van der Waals surface area contributed by atoms with Gasteiger partial charge in [-0.25, -0.2) is 9.59 Å². The van der Waals surface area contributed by atoms with E-state index in [0.717, 1.165) is 4.90 Å². The average Bonchev–Trinajstić information content (AvgIpc) is 2.54. The van der Waals surface area contributed by atoms with Gasteiger partial charge in [0.05, 0.1) is 0 Å². The first kappa shape index (κ1) is 8.79. The minimum atomic E-state index is -0.671. The monoisotopic (exact) mass is 198 g/mol. The molecule has 0 spiro atoms. The van der Waals surface area contributed by atoms with Gasteiger partial charge >= 0.3 is 12.1 Å². The molecule has 0 bridgehead atoms. The van der Waals surface area contributed by atoms with E-state index in [1.807, 2.05) is 0 Å². The standard InChI is InChI=1S/C7H10N4O3/c1-10-4-3(8-6(13)9-4)5(12)11(2)7(10)14/h3-4H,1-2H3,(H2,8,9,13)/t3-,4+/m0/s1. The van der Waals surface area contributed by atoms with Crippen LogP contribution in [-0.2, 0) is 4.79 Å². The summed E-state index contributed by atoms with van der Waals surface area (Å²) < 4.78 is 0. The number of rotatable bonds is 0. The highest BCUT2D eigenvalue weighted by Crippen LogP contribution is 2.16. The molecule has 2 aliphatic heterocycles. The lowest BCUT2D eigenvalue weighted by Gasteiger charge is -2.36. The number of fused-ring (bicyclic) bond motifs is 1. The van der Waals surface area contributed by atoms with Gasteiger partial charge in [-0.2, -0.15) is 0 Å². The van der Waals surface area contributed by atoms with Crippen LogP contribution in [-0.4, -0.2) is 54.1 Å². The summed E-state index contributed by atoms with van der Waals surface area (Å²) in [5, 5.41) is 4.95. The number of carbonyl (C=O) groups excluding carboxylic acids is 3. The van der Waals surface area contributed by atoms with Crippen LogP contribution in [0.25, 0.3) is 0 Å². The number of hydrogen-bond donors (Lipinski definition) is 2. The van der Waals surface area contributed by atoms with Crippen LogP contribution in [0.5, 0.6) is 0 Å². The lowest BCUT2D eigenvalue weighted by atomic mass is 10.1. The molecule has 0 saturated carbocycles. The number of amides is 5. The van der Waals surface area contributed by atoms with Gasteiger partial charge in [0.15, 0.2) is 0 Å². The Hall–Kier alpha value is -1.79. The lowest BCUT2D eigenvalue weighted by molar-refractivity contribution is -0.133. The highest BCUT2D eigenvalue weighted by Gasteiger charge is 2.48. The van der Waals surface area contributed by atoms with E-state index in [4.69, 9.17) is 0 Å². The van der Waals surface area contributed by atoms with Crippen LogP contribution < -0.4 is 10.6 Å².